The number of rotatable bonds is 1. The van der Waals surface area contributed by atoms with E-state index in [4.69, 9.17) is 0 Å². The number of aliphatic hydroxyl groups is 1. The summed E-state index contributed by atoms with van der Waals surface area (Å²) in [4.78, 5) is 11.2. The first-order chi connectivity index (χ1) is 7.95. The predicted molar refractivity (Wildman–Crippen MR) is 65.5 cm³/mol. The van der Waals surface area contributed by atoms with Gasteiger partial charge in [0.25, 0.3) is 0 Å². The van der Waals surface area contributed by atoms with Crippen molar-refractivity contribution in [2.24, 2.45) is 11.3 Å². The molecule has 3 atom stereocenters. The second-order valence-electron chi connectivity index (χ2n) is 5.51. The highest BCUT2D eigenvalue weighted by Crippen LogP contribution is 2.46. The molecule has 0 aliphatic heterocycles. The molecular weight excluding hydrogens is 216 g/mol. The topological polar surface area (TPSA) is 57.5 Å². The van der Waals surface area contributed by atoms with Crippen molar-refractivity contribution < 1.29 is 15.0 Å². The molecule has 0 unspecified atom stereocenters. The molecule has 0 fully saturated rings. The fourth-order valence-electron chi connectivity index (χ4n) is 2.93. The standard InChI is InChI=1S/C14H20O3/c1-9-6-7-14(2)10(4-3-5-12(14)15)8-11(9)13(16)17/h4,8-9,12,15H,3,5-7H2,1-2H3,(H,16,17)/t9-,12+,14+/m0/s1. The molecule has 3 nitrogen and oxygen atoms in total. The Bertz CT molecular complexity index is 394. The summed E-state index contributed by atoms with van der Waals surface area (Å²) < 4.78 is 0. The number of allylic oxidation sites excluding steroid dienone is 2. The quantitative estimate of drug-likeness (QED) is 0.735. The maximum absolute atomic E-state index is 11.2. The van der Waals surface area contributed by atoms with Crippen molar-refractivity contribution in [2.75, 3.05) is 0 Å². The number of hydrogen-bond acceptors (Lipinski definition) is 2. The van der Waals surface area contributed by atoms with Crippen molar-refractivity contribution in [2.45, 2.75) is 45.6 Å². The van der Waals surface area contributed by atoms with Crippen LogP contribution in [0, 0.1) is 11.3 Å². The lowest BCUT2D eigenvalue weighted by Gasteiger charge is -2.38. The van der Waals surface area contributed by atoms with Gasteiger partial charge in [-0.2, -0.15) is 0 Å². The third-order valence-corrected chi connectivity index (χ3v) is 4.38. The van der Waals surface area contributed by atoms with Gasteiger partial charge in [-0.25, -0.2) is 4.79 Å². The van der Waals surface area contributed by atoms with Gasteiger partial charge >= 0.3 is 5.97 Å². The predicted octanol–water partition coefficient (Wildman–Crippen LogP) is 2.51. The van der Waals surface area contributed by atoms with E-state index in [-0.39, 0.29) is 17.4 Å². The molecule has 2 aliphatic carbocycles. The Morgan fingerprint density at radius 2 is 2.18 bits per heavy atom. The van der Waals surface area contributed by atoms with Crippen LogP contribution in [0.1, 0.15) is 39.5 Å². The first kappa shape index (κ1) is 12.4. The van der Waals surface area contributed by atoms with Gasteiger partial charge in [-0.3, -0.25) is 0 Å². The Balaban J connectivity index is 2.45. The van der Waals surface area contributed by atoms with E-state index in [2.05, 4.69) is 13.0 Å². The molecule has 0 saturated carbocycles. The van der Waals surface area contributed by atoms with Gasteiger partial charge in [0.15, 0.2) is 0 Å². The number of carboxylic acid groups (broad SMARTS) is 1. The van der Waals surface area contributed by atoms with Crippen molar-refractivity contribution in [3.05, 3.63) is 23.3 Å². The molecule has 0 aromatic carbocycles. The third kappa shape index (κ3) is 2.04. The van der Waals surface area contributed by atoms with Crippen LogP contribution in [-0.2, 0) is 4.79 Å². The monoisotopic (exact) mass is 236 g/mol. The average molecular weight is 236 g/mol. The molecule has 0 aromatic heterocycles. The Labute approximate surface area is 102 Å². The molecule has 2 rings (SSSR count). The highest BCUT2D eigenvalue weighted by Gasteiger charge is 2.40. The average Bonchev–Trinajstić information content (AvgIpc) is 2.40. The molecule has 17 heavy (non-hydrogen) atoms. The lowest BCUT2D eigenvalue weighted by atomic mass is 9.69. The Hall–Kier alpha value is -1.09. The number of fused-ring (bicyclic) bond motifs is 1. The van der Waals surface area contributed by atoms with Crippen LogP contribution in [0.4, 0.5) is 0 Å². The Kier molecular flexibility index (Phi) is 3.13. The Morgan fingerprint density at radius 1 is 1.47 bits per heavy atom. The minimum atomic E-state index is -0.831. The first-order valence-corrected chi connectivity index (χ1v) is 6.28. The lowest BCUT2D eigenvalue weighted by Crippen LogP contribution is -2.35. The summed E-state index contributed by atoms with van der Waals surface area (Å²) in [5, 5.41) is 19.4. The van der Waals surface area contributed by atoms with E-state index in [0.29, 0.717) is 5.57 Å². The zero-order valence-corrected chi connectivity index (χ0v) is 10.4. The summed E-state index contributed by atoms with van der Waals surface area (Å²) in [5.74, 6) is -0.772. The van der Waals surface area contributed by atoms with Crippen molar-refractivity contribution in [3.8, 4) is 0 Å². The molecule has 0 heterocycles. The van der Waals surface area contributed by atoms with Crippen LogP contribution >= 0.6 is 0 Å². The van der Waals surface area contributed by atoms with E-state index in [1.165, 1.54) is 0 Å². The van der Waals surface area contributed by atoms with E-state index in [1.807, 2.05) is 6.92 Å². The fourth-order valence-corrected chi connectivity index (χ4v) is 2.93. The fraction of sp³-hybridized carbons (Fsp3) is 0.643. The summed E-state index contributed by atoms with van der Waals surface area (Å²) >= 11 is 0. The molecule has 2 aliphatic rings. The summed E-state index contributed by atoms with van der Waals surface area (Å²) in [5.41, 5.74) is 1.23. The molecule has 3 heteroatoms. The molecule has 0 saturated heterocycles. The number of carbonyl (C=O) groups is 1. The number of carboxylic acids is 1. The molecule has 94 valence electrons. The van der Waals surface area contributed by atoms with Gasteiger partial charge in [0.05, 0.1) is 6.10 Å². The van der Waals surface area contributed by atoms with Crippen LogP contribution in [0.3, 0.4) is 0 Å². The van der Waals surface area contributed by atoms with E-state index in [1.54, 1.807) is 6.08 Å². The van der Waals surface area contributed by atoms with E-state index in [9.17, 15) is 15.0 Å². The SMILES string of the molecule is C[C@H]1CC[C@]2(C)C(=CCC[C@H]2O)C=C1C(=O)O. The molecule has 0 aromatic rings. The smallest absolute Gasteiger partial charge is 0.331 e. The van der Waals surface area contributed by atoms with Crippen LogP contribution in [0.25, 0.3) is 0 Å². The van der Waals surface area contributed by atoms with E-state index in [0.717, 1.165) is 31.3 Å². The zero-order valence-electron chi connectivity index (χ0n) is 10.4. The van der Waals surface area contributed by atoms with Gasteiger partial charge in [-0.05, 0) is 43.3 Å². The van der Waals surface area contributed by atoms with Crippen molar-refractivity contribution >= 4 is 5.97 Å². The van der Waals surface area contributed by atoms with Crippen molar-refractivity contribution in [1.29, 1.82) is 0 Å². The molecule has 2 N–H and O–H groups in total. The van der Waals surface area contributed by atoms with Crippen LogP contribution in [0.2, 0.25) is 0 Å². The van der Waals surface area contributed by atoms with Crippen LogP contribution in [-0.4, -0.2) is 22.3 Å². The number of aliphatic carboxylic acids is 1. The van der Waals surface area contributed by atoms with Gasteiger partial charge < -0.3 is 10.2 Å². The maximum atomic E-state index is 11.2. The molecular formula is C14H20O3. The molecule has 0 amide bonds. The first-order valence-electron chi connectivity index (χ1n) is 6.28. The normalized spacial score (nSPS) is 37.6. The lowest BCUT2D eigenvalue weighted by molar-refractivity contribution is -0.133. The minimum absolute atomic E-state index is 0.0584. The van der Waals surface area contributed by atoms with Crippen molar-refractivity contribution in [1.82, 2.24) is 0 Å². The van der Waals surface area contributed by atoms with Gasteiger partial charge in [0.1, 0.15) is 0 Å². The van der Waals surface area contributed by atoms with Crippen LogP contribution in [0.15, 0.2) is 23.3 Å². The summed E-state index contributed by atoms with van der Waals surface area (Å²) in [6, 6.07) is 0. The third-order valence-electron chi connectivity index (χ3n) is 4.38. The second-order valence-corrected chi connectivity index (χ2v) is 5.51. The summed E-state index contributed by atoms with van der Waals surface area (Å²) in [6.07, 6.45) is 6.83. The number of aliphatic hydroxyl groups excluding tert-OH is 1. The van der Waals surface area contributed by atoms with Gasteiger partial charge in [-0.1, -0.05) is 19.9 Å². The molecule has 0 spiro atoms. The van der Waals surface area contributed by atoms with Gasteiger partial charge in [0, 0.05) is 11.0 Å². The second kappa shape index (κ2) is 4.30. The summed E-state index contributed by atoms with van der Waals surface area (Å²) in [7, 11) is 0. The highest BCUT2D eigenvalue weighted by molar-refractivity contribution is 5.88. The van der Waals surface area contributed by atoms with Crippen molar-refractivity contribution in [3.63, 3.8) is 0 Å². The largest absolute Gasteiger partial charge is 0.478 e. The van der Waals surface area contributed by atoms with Crippen LogP contribution in [0.5, 0.6) is 0 Å². The zero-order chi connectivity index (χ0) is 12.6. The van der Waals surface area contributed by atoms with Gasteiger partial charge in [-0.15, -0.1) is 0 Å². The Morgan fingerprint density at radius 3 is 2.82 bits per heavy atom. The van der Waals surface area contributed by atoms with E-state index >= 15 is 0 Å². The van der Waals surface area contributed by atoms with Crippen LogP contribution < -0.4 is 0 Å². The maximum Gasteiger partial charge on any atom is 0.331 e. The summed E-state index contributed by atoms with van der Waals surface area (Å²) in [6.45, 7) is 4.00. The highest BCUT2D eigenvalue weighted by atomic mass is 16.4. The van der Waals surface area contributed by atoms with E-state index < -0.39 is 5.97 Å². The van der Waals surface area contributed by atoms with Gasteiger partial charge in [0.2, 0.25) is 0 Å². The minimum Gasteiger partial charge on any atom is -0.478 e. The molecule has 0 bridgehead atoms. The number of hydrogen-bond donors (Lipinski definition) is 2. The molecule has 0 radical (unpaired) electrons.